The number of anilines is 1. The molecule has 7 heteroatoms. The SMILES string of the molecule is Cc1c(NC(=O)c2ccc(Cn3ccnc3)cc2)cccc1-c1nc2cccnc2s1. The molecule has 0 spiro atoms. The number of benzene rings is 2. The van der Waals surface area contributed by atoms with Gasteiger partial charge in [0.15, 0.2) is 0 Å². The molecule has 1 amide bonds. The zero-order valence-corrected chi connectivity index (χ0v) is 17.6. The van der Waals surface area contributed by atoms with E-state index in [9.17, 15) is 4.79 Å². The van der Waals surface area contributed by atoms with E-state index in [1.54, 1.807) is 30.1 Å². The number of carbonyl (C=O) groups excluding carboxylic acids is 1. The smallest absolute Gasteiger partial charge is 0.255 e. The first-order valence-electron chi connectivity index (χ1n) is 9.85. The summed E-state index contributed by atoms with van der Waals surface area (Å²) in [5.41, 5.74) is 5.35. The van der Waals surface area contributed by atoms with E-state index < -0.39 is 0 Å². The number of aromatic nitrogens is 4. The van der Waals surface area contributed by atoms with E-state index in [1.807, 2.05) is 72.3 Å². The number of hydrogen-bond acceptors (Lipinski definition) is 5. The summed E-state index contributed by atoms with van der Waals surface area (Å²) in [5.74, 6) is -0.139. The molecule has 0 fully saturated rings. The maximum atomic E-state index is 12.8. The van der Waals surface area contributed by atoms with Gasteiger partial charge in [0, 0.05) is 41.9 Å². The highest BCUT2D eigenvalue weighted by molar-refractivity contribution is 7.21. The van der Waals surface area contributed by atoms with Gasteiger partial charge in [-0.05, 0) is 48.4 Å². The Hall–Kier alpha value is -3.84. The van der Waals surface area contributed by atoms with E-state index in [-0.39, 0.29) is 5.91 Å². The van der Waals surface area contributed by atoms with Gasteiger partial charge in [-0.15, -0.1) is 0 Å². The number of nitrogens with zero attached hydrogens (tertiary/aromatic N) is 4. The highest BCUT2D eigenvalue weighted by Crippen LogP contribution is 2.33. The van der Waals surface area contributed by atoms with E-state index in [0.717, 1.165) is 44.3 Å². The van der Waals surface area contributed by atoms with Crippen LogP contribution in [0.1, 0.15) is 21.5 Å². The Labute approximate surface area is 183 Å². The molecule has 0 unspecified atom stereocenters. The van der Waals surface area contributed by atoms with Crippen molar-refractivity contribution in [3.05, 3.63) is 96.2 Å². The van der Waals surface area contributed by atoms with Crippen LogP contribution < -0.4 is 5.32 Å². The first kappa shape index (κ1) is 19.1. The third kappa shape index (κ3) is 3.95. The van der Waals surface area contributed by atoms with Crippen LogP contribution in [0.25, 0.3) is 20.9 Å². The predicted molar refractivity (Wildman–Crippen MR) is 123 cm³/mol. The Bertz CT molecular complexity index is 1320. The number of carbonyl (C=O) groups is 1. The van der Waals surface area contributed by atoms with Gasteiger partial charge in [-0.3, -0.25) is 4.79 Å². The minimum atomic E-state index is -0.139. The van der Waals surface area contributed by atoms with Crippen LogP contribution in [0.4, 0.5) is 5.69 Å². The lowest BCUT2D eigenvalue weighted by molar-refractivity contribution is 0.102. The largest absolute Gasteiger partial charge is 0.333 e. The molecule has 0 atom stereocenters. The number of nitrogens with one attached hydrogen (secondary N) is 1. The normalized spacial score (nSPS) is 11.0. The van der Waals surface area contributed by atoms with Crippen LogP contribution in [-0.4, -0.2) is 25.4 Å². The van der Waals surface area contributed by atoms with Gasteiger partial charge >= 0.3 is 0 Å². The fourth-order valence-electron chi connectivity index (χ4n) is 3.43. The molecule has 0 aliphatic heterocycles. The van der Waals surface area contributed by atoms with Gasteiger partial charge in [0.1, 0.15) is 15.4 Å². The third-order valence-electron chi connectivity index (χ3n) is 5.12. The molecule has 3 aromatic heterocycles. The number of imidazole rings is 1. The van der Waals surface area contributed by atoms with Crippen molar-refractivity contribution in [3.8, 4) is 10.6 Å². The molecule has 1 N–H and O–H groups in total. The van der Waals surface area contributed by atoms with Crippen molar-refractivity contribution < 1.29 is 4.79 Å². The molecule has 0 radical (unpaired) electrons. The molecule has 5 aromatic rings. The van der Waals surface area contributed by atoms with E-state index in [1.165, 1.54) is 0 Å². The average molecular weight is 426 g/mol. The number of amides is 1. The molecular weight excluding hydrogens is 406 g/mol. The van der Waals surface area contributed by atoms with Crippen molar-refractivity contribution in [2.24, 2.45) is 0 Å². The molecule has 31 heavy (non-hydrogen) atoms. The number of rotatable bonds is 5. The molecule has 6 nitrogen and oxygen atoms in total. The van der Waals surface area contributed by atoms with Crippen molar-refractivity contribution >= 4 is 33.3 Å². The zero-order valence-electron chi connectivity index (χ0n) is 16.8. The number of thiazole rings is 1. The maximum absolute atomic E-state index is 12.8. The van der Waals surface area contributed by atoms with Crippen LogP contribution in [0.2, 0.25) is 0 Å². The Morgan fingerprint density at radius 2 is 1.94 bits per heavy atom. The van der Waals surface area contributed by atoms with E-state index in [4.69, 9.17) is 4.98 Å². The monoisotopic (exact) mass is 425 g/mol. The van der Waals surface area contributed by atoms with Gasteiger partial charge in [-0.25, -0.2) is 15.0 Å². The molecular formula is C24H19N5OS. The van der Waals surface area contributed by atoms with Gasteiger partial charge in [-0.1, -0.05) is 35.6 Å². The summed E-state index contributed by atoms with van der Waals surface area (Å²) < 4.78 is 1.99. The molecule has 5 rings (SSSR count). The molecule has 0 bridgehead atoms. The summed E-state index contributed by atoms with van der Waals surface area (Å²) in [6.07, 6.45) is 7.22. The van der Waals surface area contributed by atoms with Crippen LogP contribution >= 0.6 is 11.3 Å². The summed E-state index contributed by atoms with van der Waals surface area (Å²) >= 11 is 1.55. The number of pyridine rings is 1. The van der Waals surface area contributed by atoms with Crippen LogP contribution in [0.15, 0.2) is 79.5 Å². The highest BCUT2D eigenvalue weighted by atomic mass is 32.1. The van der Waals surface area contributed by atoms with Crippen molar-refractivity contribution in [3.63, 3.8) is 0 Å². The lowest BCUT2D eigenvalue weighted by Gasteiger charge is -2.12. The predicted octanol–water partition coefficient (Wildman–Crippen LogP) is 5.16. The van der Waals surface area contributed by atoms with Crippen LogP contribution in [0.5, 0.6) is 0 Å². The third-order valence-corrected chi connectivity index (χ3v) is 6.13. The lowest BCUT2D eigenvalue weighted by atomic mass is 10.1. The van der Waals surface area contributed by atoms with E-state index in [0.29, 0.717) is 5.56 Å². The summed E-state index contributed by atoms with van der Waals surface area (Å²) in [7, 11) is 0. The van der Waals surface area contributed by atoms with Crippen LogP contribution in [0, 0.1) is 6.92 Å². The lowest BCUT2D eigenvalue weighted by Crippen LogP contribution is -2.13. The fraction of sp³-hybridized carbons (Fsp3) is 0.0833. The summed E-state index contributed by atoms with van der Waals surface area (Å²) in [6.45, 7) is 2.72. The van der Waals surface area contributed by atoms with E-state index >= 15 is 0 Å². The van der Waals surface area contributed by atoms with Crippen LogP contribution in [-0.2, 0) is 6.54 Å². The van der Waals surface area contributed by atoms with Crippen molar-refractivity contribution in [1.29, 1.82) is 0 Å². The van der Waals surface area contributed by atoms with E-state index in [2.05, 4.69) is 15.3 Å². The summed E-state index contributed by atoms with van der Waals surface area (Å²) in [6, 6.07) is 17.3. The van der Waals surface area contributed by atoms with Gasteiger partial charge in [0.2, 0.25) is 0 Å². The maximum Gasteiger partial charge on any atom is 0.255 e. The Balaban J connectivity index is 1.36. The quantitative estimate of drug-likeness (QED) is 0.422. The fourth-order valence-corrected chi connectivity index (χ4v) is 4.42. The summed E-state index contributed by atoms with van der Waals surface area (Å²) in [5, 5.41) is 3.94. The molecule has 3 heterocycles. The number of hydrogen-bond donors (Lipinski definition) is 1. The second-order valence-electron chi connectivity index (χ2n) is 7.21. The molecule has 0 aliphatic rings. The molecule has 0 aliphatic carbocycles. The van der Waals surface area contributed by atoms with Crippen molar-refractivity contribution in [1.82, 2.24) is 19.5 Å². The van der Waals surface area contributed by atoms with Gasteiger partial charge < -0.3 is 9.88 Å². The number of fused-ring (bicyclic) bond motifs is 1. The topological polar surface area (TPSA) is 72.7 Å². The minimum Gasteiger partial charge on any atom is -0.333 e. The molecule has 0 saturated carbocycles. The van der Waals surface area contributed by atoms with Crippen molar-refractivity contribution in [2.45, 2.75) is 13.5 Å². The van der Waals surface area contributed by atoms with Gasteiger partial charge in [0.25, 0.3) is 5.91 Å². The average Bonchev–Trinajstić information content (AvgIpc) is 3.45. The molecule has 2 aromatic carbocycles. The zero-order chi connectivity index (χ0) is 21.2. The van der Waals surface area contributed by atoms with Crippen molar-refractivity contribution in [2.75, 3.05) is 5.32 Å². The Morgan fingerprint density at radius 3 is 2.71 bits per heavy atom. The van der Waals surface area contributed by atoms with Gasteiger partial charge in [0.05, 0.1) is 6.33 Å². The molecule has 0 saturated heterocycles. The minimum absolute atomic E-state index is 0.139. The summed E-state index contributed by atoms with van der Waals surface area (Å²) in [4.78, 5) is 26.9. The Morgan fingerprint density at radius 1 is 1.06 bits per heavy atom. The second-order valence-corrected chi connectivity index (χ2v) is 8.19. The standard InChI is InChI=1S/C24H19N5OS/c1-16-19(23-28-21-6-3-11-26-24(21)31-23)4-2-5-20(16)27-22(30)18-9-7-17(8-10-18)14-29-13-12-25-15-29/h2-13,15H,14H2,1H3,(H,27,30). The van der Waals surface area contributed by atoms with Gasteiger partial charge in [-0.2, -0.15) is 0 Å². The second kappa shape index (κ2) is 8.12. The highest BCUT2D eigenvalue weighted by Gasteiger charge is 2.14. The molecule has 152 valence electrons. The first-order chi connectivity index (χ1) is 15.2. The first-order valence-corrected chi connectivity index (χ1v) is 10.7. The Kier molecular flexibility index (Phi) is 5.01. The van der Waals surface area contributed by atoms with Crippen LogP contribution in [0.3, 0.4) is 0 Å².